The summed E-state index contributed by atoms with van der Waals surface area (Å²) in [6.45, 7) is 3.46. The highest BCUT2D eigenvalue weighted by molar-refractivity contribution is 6.32. The number of nitrogens with one attached hydrogen (secondary N) is 1. The summed E-state index contributed by atoms with van der Waals surface area (Å²) in [4.78, 5) is 23.6. The fraction of sp³-hybridized carbons (Fsp3) is 0.200. The van der Waals surface area contributed by atoms with Crippen molar-refractivity contribution in [2.45, 2.75) is 20.4 Å². The molecule has 0 saturated carbocycles. The Morgan fingerprint density at radius 2 is 2.00 bits per heavy atom. The Hall–Kier alpha value is -3.39. The molecule has 0 spiro atoms. The fourth-order valence-electron chi connectivity index (χ4n) is 3.09. The zero-order valence-corrected chi connectivity index (χ0v) is 16.9. The molecule has 3 aromatic rings. The fourth-order valence-corrected chi connectivity index (χ4v) is 3.35. The first-order valence-corrected chi connectivity index (χ1v) is 9.10. The highest BCUT2D eigenvalue weighted by Gasteiger charge is 2.22. The summed E-state index contributed by atoms with van der Waals surface area (Å²) in [7, 11) is 1.51. The van der Waals surface area contributed by atoms with Crippen molar-refractivity contribution in [2.24, 2.45) is 0 Å². The molecule has 1 amide bonds. The molecule has 8 nitrogen and oxygen atoms in total. The SMILES string of the molecule is COc1ccc(NC(=O)c2ccccc2Cn2nc(C)c([N+](=O)[O-])c2C)cc1Cl. The maximum atomic E-state index is 12.8. The maximum absolute atomic E-state index is 12.8. The van der Waals surface area contributed by atoms with E-state index in [4.69, 9.17) is 16.3 Å². The van der Waals surface area contributed by atoms with E-state index in [1.165, 1.54) is 11.8 Å². The smallest absolute Gasteiger partial charge is 0.312 e. The van der Waals surface area contributed by atoms with E-state index in [0.717, 1.165) is 0 Å². The quantitative estimate of drug-likeness (QED) is 0.477. The van der Waals surface area contributed by atoms with E-state index < -0.39 is 4.92 Å². The first kappa shape index (κ1) is 20.3. The Balaban J connectivity index is 1.87. The number of carbonyl (C=O) groups excluding carboxylic acids is 1. The average Bonchev–Trinajstić information content (AvgIpc) is 2.95. The van der Waals surface area contributed by atoms with Gasteiger partial charge in [0.15, 0.2) is 0 Å². The molecule has 9 heteroatoms. The Morgan fingerprint density at radius 3 is 2.62 bits per heavy atom. The molecule has 0 aliphatic rings. The highest BCUT2D eigenvalue weighted by atomic mass is 35.5. The van der Waals surface area contributed by atoms with Crippen LogP contribution in [0, 0.1) is 24.0 Å². The number of anilines is 1. The van der Waals surface area contributed by atoms with Gasteiger partial charge in [-0.15, -0.1) is 0 Å². The monoisotopic (exact) mass is 414 g/mol. The normalized spacial score (nSPS) is 10.6. The number of benzene rings is 2. The van der Waals surface area contributed by atoms with Gasteiger partial charge in [-0.3, -0.25) is 19.6 Å². The summed E-state index contributed by atoms with van der Waals surface area (Å²) in [6, 6.07) is 12.0. The average molecular weight is 415 g/mol. The molecule has 0 fully saturated rings. The molecule has 1 aromatic heterocycles. The third-order valence-corrected chi connectivity index (χ3v) is 4.81. The van der Waals surface area contributed by atoms with Gasteiger partial charge in [0.05, 0.1) is 23.6 Å². The zero-order valence-electron chi connectivity index (χ0n) is 16.1. The summed E-state index contributed by atoms with van der Waals surface area (Å²) >= 11 is 6.11. The molecule has 0 aliphatic heterocycles. The third kappa shape index (κ3) is 4.22. The van der Waals surface area contributed by atoms with Crippen LogP contribution in [0.2, 0.25) is 5.02 Å². The van der Waals surface area contributed by atoms with Crippen LogP contribution in [0.25, 0.3) is 0 Å². The van der Waals surface area contributed by atoms with Crippen LogP contribution in [0.1, 0.15) is 27.3 Å². The zero-order chi connectivity index (χ0) is 21.1. The molecule has 0 saturated heterocycles. The van der Waals surface area contributed by atoms with Crippen molar-refractivity contribution in [3.63, 3.8) is 0 Å². The molecular formula is C20H19ClN4O4. The van der Waals surface area contributed by atoms with Crippen molar-refractivity contribution in [1.29, 1.82) is 0 Å². The molecular weight excluding hydrogens is 396 g/mol. The second-order valence-corrected chi connectivity index (χ2v) is 6.80. The van der Waals surface area contributed by atoms with Crippen molar-refractivity contribution in [3.05, 3.63) is 80.1 Å². The van der Waals surface area contributed by atoms with Gasteiger partial charge in [0.2, 0.25) is 0 Å². The lowest BCUT2D eigenvalue weighted by Gasteiger charge is -2.12. The van der Waals surface area contributed by atoms with Crippen LogP contribution in [0.3, 0.4) is 0 Å². The van der Waals surface area contributed by atoms with Gasteiger partial charge in [0.1, 0.15) is 17.1 Å². The Labute approximate surface area is 172 Å². The highest BCUT2D eigenvalue weighted by Crippen LogP contribution is 2.28. The predicted molar refractivity (Wildman–Crippen MR) is 110 cm³/mol. The van der Waals surface area contributed by atoms with Crippen LogP contribution >= 0.6 is 11.6 Å². The van der Waals surface area contributed by atoms with E-state index in [9.17, 15) is 14.9 Å². The van der Waals surface area contributed by atoms with Crippen molar-refractivity contribution in [1.82, 2.24) is 9.78 Å². The number of hydrogen-bond donors (Lipinski definition) is 1. The molecule has 0 aliphatic carbocycles. The molecule has 1 N–H and O–H groups in total. The molecule has 2 aromatic carbocycles. The van der Waals surface area contributed by atoms with Crippen molar-refractivity contribution in [3.8, 4) is 5.75 Å². The molecule has 0 unspecified atom stereocenters. The molecule has 1 heterocycles. The first-order valence-electron chi connectivity index (χ1n) is 8.73. The largest absolute Gasteiger partial charge is 0.495 e. The van der Waals surface area contributed by atoms with Crippen LogP contribution in [-0.2, 0) is 6.54 Å². The summed E-state index contributed by atoms with van der Waals surface area (Å²) in [5.41, 5.74) is 2.41. The summed E-state index contributed by atoms with van der Waals surface area (Å²) < 4.78 is 6.64. The molecule has 150 valence electrons. The minimum Gasteiger partial charge on any atom is -0.495 e. The number of carbonyl (C=O) groups is 1. The number of methoxy groups -OCH3 is 1. The van der Waals surface area contributed by atoms with E-state index in [0.29, 0.717) is 39.0 Å². The predicted octanol–water partition coefficient (Wildman–Crippen LogP) is 4.37. The number of aromatic nitrogens is 2. The van der Waals surface area contributed by atoms with E-state index in [-0.39, 0.29) is 18.1 Å². The molecule has 3 rings (SSSR count). The minimum atomic E-state index is -0.444. The van der Waals surface area contributed by atoms with Crippen LogP contribution < -0.4 is 10.1 Å². The van der Waals surface area contributed by atoms with Gasteiger partial charge < -0.3 is 10.1 Å². The van der Waals surface area contributed by atoms with Gasteiger partial charge in [-0.1, -0.05) is 29.8 Å². The maximum Gasteiger partial charge on any atom is 0.312 e. The number of rotatable bonds is 6. The van der Waals surface area contributed by atoms with Gasteiger partial charge in [-0.2, -0.15) is 5.10 Å². The van der Waals surface area contributed by atoms with Crippen LogP contribution in [0.4, 0.5) is 11.4 Å². The first-order chi connectivity index (χ1) is 13.8. The van der Waals surface area contributed by atoms with Crippen molar-refractivity contribution >= 4 is 28.9 Å². The van der Waals surface area contributed by atoms with Gasteiger partial charge in [0, 0.05) is 11.3 Å². The number of aryl methyl sites for hydroxylation is 1. The topological polar surface area (TPSA) is 99.3 Å². The molecule has 29 heavy (non-hydrogen) atoms. The summed E-state index contributed by atoms with van der Waals surface area (Å²) in [6.07, 6.45) is 0. The van der Waals surface area contributed by atoms with Gasteiger partial charge in [-0.05, 0) is 43.7 Å². The summed E-state index contributed by atoms with van der Waals surface area (Å²) in [5.74, 6) is 0.189. The number of ether oxygens (including phenoxy) is 1. The number of halogens is 1. The van der Waals surface area contributed by atoms with Crippen LogP contribution in [0.5, 0.6) is 5.75 Å². The lowest BCUT2D eigenvalue weighted by Crippen LogP contribution is -2.16. The van der Waals surface area contributed by atoms with Gasteiger partial charge in [0.25, 0.3) is 5.91 Å². The van der Waals surface area contributed by atoms with Crippen LogP contribution in [0.15, 0.2) is 42.5 Å². The lowest BCUT2D eigenvalue weighted by atomic mass is 10.1. The Morgan fingerprint density at radius 1 is 1.28 bits per heavy atom. The Bertz CT molecular complexity index is 1090. The minimum absolute atomic E-state index is 0.0141. The molecule has 0 radical (unpaired) electrons. The Kier molecular flexibility index (Phi) is 5.84. The number of hydrogen-bond acceptors (Lipinski definition) is 5. The second kappa shape index (κ2) is 8.32. The molecule has 0 atom stereocenters. The van der Waals surface area contributed by atoms with Crippen LogP contribution in [-0.4, -0.2) is 27.7 Å². The van der Waals surface area contributed by atoms with Crippen molar-refractivity contribution < 1.29 is 14.5 Å². The van der Waals surface area contributed by atoms with E-state index in [2.05, 4.69) is 10.4 Å². The van der Waals surface area contributed by atoms with Crippen molar-refractivity contribution in [2.75, 3.05) is 12.4 Å². The number of nitrogens with zero attached hydrogens (tertiary/aromatic N) is 3. The van der Waals surface area contributed by atoms with E-state index in [1.54, 1.807) is 56.3 Å². The van der Waals surface area contributed by atoms with E-state index in [1.807, 2.05) is 0 Å². The summed E-state index contributed by atoms with van der Waals surface area (Å²) in [5, 5.41) is 18.7. The lowest BCUT2D eigenvalue weighted by molar-refractivity contribution is -0.386. The number of nitro groups is 1. The van der Waals surface area contributed by atoms with Gasteiger partial charge >= 0.3 is 5.69 Å². The molecule has 0 bridgehead atoms. The van der Waals surface area contributed by atoms with Gasteiger partial charge in [-0.25, -0.2) is 0 Å². The second-order valence-electron chi connectivity index (χ2n) is 6.39. The number of amides is 1. The van der Waals surface area contributed by atoms with E-state index >= 15 is 0 Å². The standard InChI is InChI=1S/C20H19ClN4O4/c1-12-19(25(27)28)13(2)24(23-12)11-14-6-4-5-7-16(14)20(26)22-15-8-9-18(29-3)17(21)10-15/h4-10H,11H2,1-3H3,(H,22,26). The third-order valence-electron chi connectivity index (χ3n) is 4.52.